The molecule has 1 aliphatic heterocycles. The largest absolute Gasteiger partial charge is 0.350 e. The van der Waals surface area contributed by atoms with Crippen LogP contribution >= 0.6 is 0 Å². The Labute approximate surface area is 182 Å². The van der Waals surface area contributed by atoms with Gasteiger partial charge in [-0.2, -0.15) is 0 Å². The van der Waals surface area contributed by atoms with Crippen molar-refractivity contribution in [3.63, 3.8) is 0 Å². The van der Waals surface area contributed by atoms with Gasteiger partial charge in [-0.1, -0.05) is 30.3 Å². The standard InChI is InChI=1S/C22H26N4O4S/c1-31(29,30)25-20-10-7-17(8-11-20)9-12-21(27)23-19-13-15-26(16-14-19)22(28)24-18-5-3-2-4-6-18/h2-12,19,25H,13-16H2,1H3,(H,23,27)(H,24,28)/b12-9+. The Morgan fingerprint density at radius 1 is 0.968 bits per heavy atom. The monoisotopic (exact) mass is 442 g/mol. The Morgan fingerprint density at radius 2 is 1.61 bits per heavy atom. The summed E-state index contributed by atoms with van der Waals surface area (Å²) < 4.78 is 24.8. The lowest BCUT2D eigenvalue weighted by atomic mass is 10.1. The summed E-state index contributed by atoms with van der Waals surface area (Å²) in [5, 5.41) is 5.84. The van der Waals surface area contributed by atoms with Gasteiger partial charge >= 0.3 is 6.03 Å². The van der Waals surface area contributed by atoms with Crippen LogP contribution in [0.5, 0.6) is 0 Å². The van der Waals surface area contributed by atoms with Gasteiger partial charge in [0.25, 0.3) is 0 Å². The summed E-state index contributed by atoms with van der Waals surface area (Å²) in [6.45, 7) is 1.14. The van der Waals surface area contributed by atoms with E-state index in [2.05, 4.69) is 15.4 Å². The number of carbonyl (C=O) groups excluding carboxylic acids is 2. The molecule has 2 aromatic carbocycles. The topological polar surface area (TPSA) is 108 Å². The van der Waals surface area contributed by atoms with E-state index < -0.39 is 10.0 Å². The van der Waals surface area contributed by atoms with Gasteiger partial charge in [-0.25, -0.2) is 13.2 Å². The molecular weight excluding hydrogens is 416 g/mol. The number of nitrogens with zero attached hydrogens (tertiary/aromatic N) is 1. The number of benzene rings is 2. The predicted molar refractivity (Wildman–Crippen MR) is 122 cm³/mol. The molecule has 9 heteroatoms. The number of anilines is 2. The molecular formula is C22H26N4O4S. The maximum absolute atomic E-state index is 12.3. The number of carbonyl (C=O) groups is 2. The number of likely N-dealkylation sites (tertiary alicyclic amines) is 1. The zero-order valence-corrected chi connectivity index (χ0v) is 18.1. The fourth-order valence-electron chi connectivity index (χ4n) is 3.25. The van der Waals surface area contributed by atoms with Crippen molar-refractivity contribution in [1.29, 1.82) is 0 Å². The van der Waals surface area contributed by atoms with Gasteiger partial charge in [-0.3, -0.25) is 9.52 Å². The molecule has 0 radical (unpaired) electrons. The highest BCUT2D eigenvalue weighted by atomic mass is 32.2. The first-order chi connectivity index (χ1) is 14.8. The Hall–Kier alpha value is -3.33. The summed E-state index contributed by atoms with van der Waals surface area (Å²) in [4.78, 5) is 26.3. The number of para-hydroxylation sites is 1. The van der Waals surface area contributed by atoms with Gasteiger partial charge in [-0.15, -0.1) is 0 Å². The number of rotatable bonds is 6. The fraction of sp³-hybridized carbons (Fsp3) is 0.273. The molecule has 3 rings (SSSR count). The normalized spacial score (nSPS) is 14.9. The second-order valence-electron chi connectivity index (χ2n) is 7.40. The number of piperidine rings is 1. The predicted octanol–water partition coefficient (Wildman–Crippen LogP) is 2.88. The van der Waals surface area contributed by atoms with Crippen molar-refractivity contribution in [2.45, 2.75) is 18.9 Å². The van der Waals surface area contributed by atoms with Crippen LogP contribution in [0.2, 0.25) is 0 Å². The summed E-state index contributed by atoms with van der Waals surface area (Å²) in [5.41, 5.74) is 2.00. The molecule has 0 unspecified atom stereocenters. The van der Waals surface area contributed by atoms with E-state index in [4.69, 9.17) is 0 Å². The lowest BCUT2D eigenvalue weighted by Gasteiger charge is -2.32. The minimum atomic E-state index is -3.32. The van der Waals surface area contributed by atoms with Crippen LogP contribution in [-0.4, -0.2) is 50.6 Å². The molecule has 1 aliphatic rings. The fourth-order valence-corrected chi connectivity index (χ4v) is 3.81. The second-order valence-corrected chi connectivity index (χ2v) is 9.14. The Balaban J connectivity index is 1.43. The third-order valence-electron chi connectivity index (χ3n) is 4.79. The Morgan fingerprint density at radius 3 is 2.23 bits per heavy atom. The highest BCUT2D eigenvalue weighted by Gasteiger charge is 2.23. The summed E-state index contributed by atoms with van der Waals surface area (Å²) in [5.74, 6) is -0.203. The van der Waals surface area contributed by atoms with Gasteiger partial charge in [-0.05, 0) is 48.7 Å². The summed E-state index contributed by atoms with van der Waals surface area (Å²) in [7, 11) is -3.32. The SMILES string of the molecule is CS(=O)(=O)Nc1ccc(/C=C/C(=O)NC2CCN(C(=O)Nc3ccccc3)CC2)cc1. The molecule has 8 nitrogen and oxygen atoms in total. The van der Waals surface area contributed by atoms with Crippen molar-refractivity contribution in [2.24, 2.45) is 0 Å². The lowest BCUT2D eigenvalue weighted by Crippen LogP contribution is -2.47. The van der Waals surface area contributed by atoms with E-state index in [1.807, 2.05) is 30.3 Å². The van der Waals surface area contributed by atoms with Crippen molar-refractivity contribution in [2.75, 3.05) is 29.4 Å². The zero-order chi connectivity index (χ0) is 22.3. The van der Waals surface area contributed by atoms with Gasteiger partial charge in [0.15, 0.2) is 0 Å². The van der Waals surface area contributed by atoms with Crippen LogP contribution in [0.1, 0.15) is 18.4 Å². The van der Waals surface area contributed by atoms with E-state index in [0.29, 0.717) is 31.6 Å². The summed E-state index contributed by atoms with van der Waals surface area (Å²) in [6.07, 6.45) is 5.59. The van der Waals surface area contributed by atoms with Gasteiger partial charge in [0.05, 0.1) is 6.26 Å². The second kappa shape index (κ2) is 10.1. The van der Waals surface area contributed by atoms with Crippen molar-refractivity contribution >= 4 is 39.4 Å². The molecule has 0 aliphatic carbocycles. The molecule has 0 saturated carbocycles. The van der Waals surface area contributed by atoms with Crippen LogP contribution in [0.3, 0.4) is 0 Å². The minimum Gasteiger partial charge on any atom is -0.350 e. The van der Waals surface area contributed by atoms with Gasteiger partial charge in [0.2, 0.25) is 15.9 Å². The van der Waals surface area contributed by atoms with Crippen molar-refractivity contribution in [3.05, 3.63) is 66.2 Å². The first kappa shape index (κ1) is 22.4. The van der Waals surface area contributed by atoms with E-state index >= 15 is 0 Å². The maximum atomic E-state index is 12.3. The minimum absolute atomic E-state index is 0.0132. The molecule has 31 heavy (non-hydrogen) atoms. The van der Waals surface area contributed by atoms with Gasteiger partial charge in [0, 0.05) is 36.6 Å². The molecule has 0 aromatic heterocycles. The molecule has 0 spiro atoms. The van der Waals surface area contributed by atoms with E-state index in [9.17, 15) is 18.0 Å². The zero-order valence-electron chi connectivity index (χ0n) is 17.2. The maximum Gasteiger partial charge on any atom is 0.321 e. The molecule has 1 fully saturated rings. The third kappa shape index (κ3) is 7.45. The lowest BCUT2D eigenvalue weighted by molar-refractivity contribution is -0.117. The number of hydrogen-bond donors (Lipinski definition) is 3. The Kier molecular flexibility index (Phi) is 7.30. The third-order valence-corrected chi connectivity index (χ3v) is 5.40. The van der Waals surface area contributed by atoms with Crippen LogP contribution in [0, 0.1) is 0 Å². The number of sulfonamides is 1. The number of nitrogens with one attached hydrogen (secondary N) is 3. The van der Waals surface area contributed by atoms with Crippen LogP contribution in [0.25, 0.3) is 6.08 Å². The number of hydrogen-bond acceptors (Lipinski definition) is 4. The molecule has 3 amide bonds. The molecule has 1 saturated heterocycles. The van der Waals surface area contributed by atoms with E-state index in [0.717, 1.165) is 17.5 Å². The highest BCUT2D eigenvalue weighted by Crippen LogP contribution is 2.14. The summed E-state index contributed by atoms with van der Waals surface area (Å²) in [6, 6.07) is 15.9. The average molecular weight is 443 g/mol. The first-order valence-corrected chi connectivity index (χ1v) is 11.8. The quantitative estimate of drug-likeness (QED) is 0.598. The number of urea groups is 1. The molecule has 3 N–H and O–H groups in total. The van der Waals surface area contributed by atoms with Gasteiger partial charge < -0.3 is 15.5 Å². The average Bonchev–Trinajstić information content (AvgIpc) is 2.73. The highest BCUT2D eigenvalue weighted by molar-refractivity contribution is 7.92. The smallest absolute Gasteiger partial charge is 0.321 e. The van der Waals surface area contributed by atoms with Gasteiger partial charge in [0.1, 0.15) is 0 Å². The van der Waals surface area contributed by atoms with Crippen LogP contribution < -0.4 is 15.4 Å². The van der Waals surface area contributed by atoms with E-state index in [-0.39, 0.29) is 18.0 Å². The van der Waals surface area contributed by atoms with Crippen LogP contribution in [0.15, 0.2) is 60.7 Å². The van der Waals surface area contributed by atoms with Crippen LogP contribution in [-0.2, 0) is 14.8 Å². The first-order valence-electron chi connectivity index (χ1n) is 9.96. The molecule has 0 bridgehead atoms. The van der Waals surface area contributed by atoms with Crippen molar-refractivity contribution in [1.82, 2.24) is 10.2 Å². The van der Waals surface area contributed by atoms with Crippen molar-refractivity contribution < 1.29 is 18.0 Å². The van der Waals surface area contributed by atoms with E-state index in [1.165, 1.54) is 6.08 Å². The van der Waals surface area contributed by atoms with Crippen LogP contribution in [0.4, 0.5) is 16.2 Å². The molecule has 2 aromatic rings. The molecule has 0 atom stereocenters. The molecule has 164 valence electrons. The number of amides is 3. The Bertz CT molecular complexity index is 1030. The van der Waals surface area contributed by atoms with Crippen molar-refractivity contribution in [3.8, 4) is 0 Å². The summed E-state index contributed by atoms with van der Waals surface area (Å²) >= 11 is 0. The molecule has 1 heterocycles. The van der Waals surface area contributed by atoms with E-state index in [1.54, 1.807) is 35.2 Å².